The van der Waals surface area contributed by atoms with E-state index in [1.807, 2.05) is 24.3 Å². The van der Waals surface area contributed by atoms with Crippen LogP contribution in [0.5, 0.6) is 0 Å². The third kappa shape index (κ3) is 3.29. The average molecular weight is 386 g/mol. The monoisotopic (exact) mass is 384 g/mol. The molecule has 0 unspecified atom stereocenters. The Hall–Kier alpha value is -1.95. The van der Waals surface area contributed by atoms with Crippen LogP contribution in [-0.4, -0.2) is 15.0 Å². The van der Waals surface area contributed by atoms with E-state index in [1.165, 1.54) is 0 Å². The highest BCUT2D eigenvalue weighted by atomic mass is 35.5. The highest BCUT2D eigenvalue weighted by Gasteiger charge is 2.13. The number of carbonyl (C=O) groups excluding carboxylic acids is 1. The van der Waals surface area contributed by atoms with E-state index in [4.69, 9.17) is 28.6 Å². The van der Waals surface area contributed by atoms with Gasteiger partial charge in [-0.25, -0.2) is 0 Å². The molecule has 0 spiro atoms. The lowest BCUT2D eigenvalue weighted by molar-refractivity contribution is -0.116. The first kappa shape index (κ1) is 18.4. The number of hydrogen-bond donors (Lipinski definition) is 2. The van der Waals surface area contributed by atoms with Crippen molar-refractivity contribution >= 4 is 58.2 Å². The zero-order valence-corrected chi connectivity index (χ0v) is 15.0. The van der Waals surface area contributed by atoms with Gasteiger partial charge in [0.15, 0.2) is 0 Å². The zero-order chi connectivity index (χ0) is 16.6. The fourth-order valence-electron chi connectivity index (χ4n) is 2.49. The summed E-state index contributed by atoms with van der Waals surface area (Å²) in [6.07, 6.45) is 0. The second-order valence-electron chi connectivity index (χ2n) is 5.10. The molecule has 1 amide bonds. The standard InChI is InChI=1S/C16H14Cl2N4O.ClH/c1-21-12-7-2-3-8-13(12)22(16(21)19)9-14(23)20-15-10(17)5-4-6-11(15)18;/h2-8,19H,9H2,1H3,(H,20,23);1H. The lowest BCUT2D eigenvalue weighted by Gasteiger charge is -2.10. The Morgan fingerprint density at radius 2 is 1.67 bits per heavy atom. The Kier molecular flexibility index (Phi) is 5.59. The van der Waals surface area contributed by atoms with Crippen molar-refractivity contribution in [3.8, 4) is 0 Å². The van der Waals surface area contributed by atoms with E-state index < -0.39 is 0 Å². The van der Waals surface area contributed by atoms with Crippen molar-refractivity contribution < 1.29 is 4.79 Å². The van der Waals surface area contributed by atoms with Crippen molar-refractivity contribution in [1.29, 1.82) is 5.41 Å². The van der Waals surface area contributed by atoms with Crippen LogP contribution in [-0.2, 0) is 18.4 Å². The van der Waals surface area contributed by atoms with E-state index in [1.54, 1.807) is 34.4 Å². The largest absolute Gasteiger partial charge is 0.322 e. The highest BCUT2D eigenvalue weighted by Crippen LogP contribution is 2.29. The van der Waals surface area contributed by atoms with E-state index in [-0.39, 0.29) is 30.5 Å². The SMILES string of the molecule is Cl.Cn1c(=N)n(CC(=O)Nc2c(Cl)cccc2Cl)c2ccccc21. The molecule has 2 aromatic carbocycles. The van der Waals surface area contributed by atoms with Gasteiger partial charge in [0.25, 0.3) is 0 Å². The van der Waals surface area contributed by atoms with Gasteiger partial charge in [-0.05, 0) is 24.3 Å². The van der Waals surface area contributed by atoms with Gasteiger partial charge in [-0.3, -0.25) is 10.2 Å². The van der Waals surface area contributed by atoms with Gasteiger partial charge in [0, 0.05) is 7.05 Å². The number of nitrogens with zero attached hydrogens (tertiary/aromatic N) is 2. The molecule has 3 aromatic rings. The van der Waals surface area contributed by atoms with Crippen molar-refractivity contribution in [3.63, 3.8) is 0 Å². The number of amides is 1. The van der Waals surface area contributed by atoms with Gasteiger partial charge < -0.3 is 14.5 Å². The topological polar surface area (TPSA) is 62.8 Å². The van der Waals surface area contributed by atoms with Gasteiger partial charge in [-0.1, -0.05) is 41.4 Å². The summed E-state index contributed by atoms with van der Waals surface area (Å²) in [4.78, 5) is 12.3. The summed E-state index contributed by atoms with van der Waals surface area (Å²) in [6, 6.07) is 12.6. The molecule has 3 rings (SSSR count). The van der Waals surface area contributed by atoms with Crippen molar-refractivity contribution in [2.24, 2.45) is 7.05 Å². The third-order valence-electron chi connectivity index (χ3n) is 3.64. The molecule has 5 nitrogen and oxygen atoms in total. The molecule has 0 aliphatic rings. The van der Waals surface area contributed by atoms with Crippen molar-refractivity contribution in [3.05, 3.63) is 58.1 Å². The minimum Gasteiger partial charge on any atom is -0.322 e. The van der Waals surface area contributed by atoms with Crippen LogP contribution in [0.2, 0.25) is 10.0 Å². The summed E-state index contributed by atoms with van der Waals surface area (Å²) in [7, 11) is 1.80. The van der Waals surface area contributed by atoms with Crippen LogP contribution < -0.4 is 10.9 Å². The fourth-order valence-corrected chi connectivity index (χ4v) is 2.98. The Balaban J connectivity index is 0.00000208. The minimum absolute atomic E-state index is 0. The molecular weight excluding hydrogens is 371 g/mol. The molecule has 0 saturated heterocycles. The average Bonchev–Trinajstić information content (AvgIpc) is 2.77. The molecule has 1 heterocycles. The molecule has 0 aliphatic carbocycles. The van der Waals surface area contributed by atoms with Crippen LogP contribution in [0.4, 0.5) is 5.69 Å². The number of benzene rings is 2. The first-order valence-electron chi connectivity index (χ1n) is 6.91. The normalized spacial score (nSPS) is 10.5. The fraction of sp³-hybridized carbons (Fsp3) is 0.125. The van der Waals surface area contributed by atoms with E-state index >= 15 is 0 Å². The second kappa shape index (κ2) is 7.30. The Morgan fingerprint density at radius 3 is 2.29 bits per heavy atom. The van der Waals surface area contributed by atoms with E-state index in [0.29, 0.717) is 15.7 Å². The zero-order valence-electron chi connectivity index (χ0n) is 12.7. The molecule has 1 aromatic heterocycles. The minimum atomic E-state index is -0.296. The quantitative estimate of drug-likeness (QED) is 0.707. The number of hydrogen-bond acceptors (Lipinski definition) is 2. The molecule has 0 aliphatic heterocycles. The molecular formula is C16H15Cl3N4O. The lowest BCUT2D eigenvalue weighted by atomic mass is 10.3. The van der Waals surface area contributed by atoms with Crippen molar-refractivity contribution in [1.82, 2.24) is 9.13 Å². The summed E-state index contributed by atoms with van der Waals surface area (Å²) < 4.78 is 3.36. The third-order valence-corrected chi connectivity index (χ3v) is 4.27. The summed E-state index contributed by atoms with van der Waals surface area (Å²) in [5.41, 5.74) is 2.33. The van der Waals surface area contributed by atoms with E-state index in [2.05, 4.69) is 5.32 Å². The van der Waals surface area contributed by atoms with Crippen LogP contribution >= 0.6 is 35.6 Å². The predicted molar refractivity (Wildman–Crippen MR) is 99.1 cm³/mol. The Labute approximate surface area is 154 Å². The molecule has 24 heavy (non-hydrogen) atoms. The maximum absolute atomic E-state index is 12.3. The maximum atomic E-state index is 12.3. The number of halogens is 3. The molecule has 0 radical (unpaired) electrons. The number of fused-ring (bicyclic) bond motifs is 1. The Bertz CT molecular complexity index is 941. The number of anilines is 1. The van der Waals surface area contributed by atoms with Crippen molar-refractivity contribution in [2.45, 2.75) is 6.54 Å². The van der Waals surface area contributed by atoms with Crippen LogP contribution in [0, 0.1) is 5.41 Å². The van der Waals surface area contributed by atoms with Gasteiger partial charge in [-0.2, -0.15) is 0 Å². The number of nitrogens with one attached hydrogen (secondary N) is 2. The maximum Gasteiger partial charge on any atom is 0.244 e. The summed E-state index contributed by atoms with van der Waals surface area (Å²) in [6.45, 7) is 0.00172. The van der Waals surface area contributed by atoms with Gasteiger partial charge in [0.2, 0.25) is 11.5 Å². The summed E-state index contributed by atoms with van der Waals surface area (Å²) in [5.74, 6) is -0.296. The number of para-hydroxylation sites is 3. The second-order valence-corrected chi connectivity index (χ2v) is 5.92. The predicted octanol–water partition coefficient (Wildman–Crippen LogP) is 3.83. The van der Waals surface area contributed by atoms with Crippen LogP contribution in [0.1, 0.15) is 0 Å². The molecule has 126 valence electrons. The molecule has 0 bridgehead atoms. The summed E-state index contributed by atoms with van der Waals surface area (Å²) in [5, 5.41) is 11.6. The first-order chi connectivity index (χ1) is 11.0. The number of aromatic nitrogens is 2. The van der Waals surface area contributed by atoms with E-state index in [9.17, 15) is 4.79 Å². The first-order valence-corrected chi connectivity index (χ1v) is 7.67. The molecule has 2 N–H and O–H groups in total. The van der Waals surface area contributed by atoms with E-state index in [0.717, 1.165) is 11.0 Å². The van der Waals surface area contributed by atoms with Crippen LogP contribution in [0.15, 0.2) is 42.5 Å². The molecule has 0 atom stereocenters. The lowest BCUT2D eigenvalue weighted by Crippen LogP contribution is -2.28. The van der Waals surface area contributed by atoms with Gasteiger partial charge >= 0.3 is 0 Å². The molecule has 0 fully saturated rings. The van der Waals surface area contributed by atoms with Crippen molar-refractivity contribution in [2.75, 3.05) is 5.32 Å². The van der Waals surface area contributed by atoms with Gasteiger partial charge in [0.05, 0.1) is 26.8 Å². The number of aryl methyl sites for hydroxylation is 1. The smallest absolute Gasteiger partial charge is 0.244 e. The van der Waals surface area contributed by atoms with Crippen LogP contribution in [0.25, 0.3) is 11.0 Å². The molecule has 0 saturated carbocycles. The highest BCUT2D eigenvalue weighted by molar-refractivity contribution is 6.39. The number of imidazole rings is 1. The van der Waals surface area contributed by atoms with Gasteiger partial charge in [0.1, 0.15) is 6.54 Å². The number of carbonyl (C=O) groups is 1. The van der Waals surface area contributed by atoms with Crippen LogP contribution in [0.3, 0.4) is 0 Å². The Morgan fingerprint density at radius 1 is 1.08 bits per heavy atom. The molecule has 8 heteroatoms. The summed E-state index contributed by atoms with van der Waals surface area (Å²) >= 11 is 12.1. The number of rotatable bonds is 3. The van der Waals surface area contributed by atoms with Gasteiger partial charge in [-0.15, -0.1) is 12.4 Å².